The van der Waals surface area contributed by atoms with Crippen LogP contribution in [0.25, 0.3) is 16.6 Å². The third-order valence-corrected chi connectivity index (χ3v) is 6.71. The van der Waals surface area contributed by atoms with Crippen molar-refractivity contribution in [3.63, 3.8) is 0 Å². The zero-order chi connectivity index (χ0) is 24.3. The number of nitrogen functional groups attached to an aromatic ring is 1. The monoisotopic (exact) mass is 470 g/mol. The molecule has 1 aliphatic heterocycles. The maximum absolute atomic E-state index is 14.3. The highest BCUT2D eigenvalue weighted by atomic mass is 19.1. The van der Waals surface area contributed by atoms with Crippen LogP contribution in [0.1, 0.15) is 50.7 Å². The number of aliphatic hydroxyl groups excluding tert-OH is 1. The summed E-state index contributed by atoms with van der Waals surface area (Å²) in [6.45, 7) is 9.31. The van der Waals surface area contributed by atoms with E-state index in [0.717, 1.165) is 30.4 Å². The van der Waals surface area contributed by atoms with E-state index in [2.05, 4.69) is 32.0 Å². The summed E-state index contributed by atoms with van der Waals surface area (Å²) < 4.78 is 31.4. The van der Waals surface area contributed by atoms with Gasteiger partial charge in [-0.25, -0.2) is 18.7 Å². The smallest absolute Gasteiger partial charge is 0.223 e. The van der Waals surface area contributed by atoms with Gasteiger partial charge in [-0.1, -0.05) is 6.92 Å². The van der Waals surface area contributed by atoms with Gasteiger partial charge in [0.25, 0.3) is 0 Å². The number of rotatable bonds is 4. The van der Waals surface area contributed by atoms with Crippen molar-refractivity contribution in [1.82, 2.24) is 29.4 Å². The minimum Gasteiger partial charge on any atom is -0.391 e. The van der Waals surface area contributed by atoms with Gasteiger partial charge in [-0.05, 0) is 39.2 Å². The van der Waals surface area contributed by atoms with Crippen LogP contribution < -0.4 is 10.6 Å². The number of anilines is 2. The number of aryl methyl sites for hydroxylation is 1. The van der Waals surface area contributed by atoms with Crippen LogP contribution in [-0.4, -0.2) is 53.7 Å². The van der Waals surface area contributed by atoms with E-state index in [1.807, 2.05) is 20.0 Å². The summed E-state index contributed by atoms with van der Waals surface area (Å²) in [5, 5.41) is 19.4. The Balaban J connectivity index is 1.52. The molecule has 4 atom stereocenters. The zero-order valence-corrected chi connectivity index (χ0v) is 19.6. The number of piperidine rings is 1. The number of aliphatic hydroxyl groups is 1. The fraction of sp³-hybridized carbons (Fsp3) is 0.478. The molecule has 0 saturated carbocycles. The summed E-state index contributed by atoms with van der Waals surface area (Å²) >= 11 is 0. The molecule has 0 amide bonds. The van der Waals surface area contributed by atoms with E-state index in [4.69, 9.17) is 5.73 Å². The van der Waals surface area contributed by atoms with Gasteiger partial charge >= 0.3 is 0 Å². The Labute approximate surface area is 195 Å². The first kappa shape index (κ1) is 22.5. The van der Waals surface area contributed by atoms with Gasteiger partial charge in [0.2, 0.25) is 5.95 Å². The summed E-state index contributed by atoms with van der Waals surface area (Å²) in [6, 6.07) is 1.84. The fourth-order valence-corrected chi connectivity index (χ4v) is 4.79. The van der Waals surface area contributed by atoms with Crippen molar-refractivity contribution >= 4 is 28.2 Å². The maximum Gasteiger partial charge on any atom is 0.223 e. The normalized spacial score (nSPS) is 20.9. The van der Waals surface area contributed by atoms with Crippen LogP contribution in [0, 0.1) is 24.5 Å². The third kappa shape index (κ3) is 3.73. The molecule has 3 aromatic heterocycles. The average Bonchev–Trinajstić information content (AvgIpc) is 3.38. The molecule has 9 nitrogen and oxygen atoms in total. The van der Waals surface area contributed by atoms with Crippen LogP contribution >= 0.6 is 0 Å². The Bertz CT molecular complexity index is 1380. The Morgan fingerprint density at radius 3 is 2.65 bits per heavy atom. The Hall–Kier alpha value is -3.34. The molecule has 1 saturated heterocycles. The molecule has 1 aromatic carbocycles. The molecule has 1 fully saturated rings. The molecule has 0 spiro atoms. The molecule has 4 heterocycles. The number of hydrogen-bond donors (Lipinski definition) is 2. The number of benzene rings is 1. The van der Waals surface area contributed by atoms with E-state index in [9.17, 15) is 13.9 Å². The quantitative estimate of drug-likeness (QED) is 0.471. The van der Waals surface area contributed by atoms with Crippen LogP contribution in [0.2, 0.25) is 0 Å². The van der Waals surface area contributed by atoms with E-state index in [1.165, 1.54) is 10.6 Å². The number of halogens is 2. The molecule has 0 radical (unpaired) electrons. The highest BCUT2D eigenvalue weighted by Gasteiger charge is 2.31. The lowest BCUT2D eigenvalue weighted by Crippen LogP contribution is -2.39. The lowest BCUT2D eigenvalue weighted by atomic mass is 9.89. The molecule has 5 rings (SSSR count). The Kier molecular flexibility index (Phi) is 5.38. The molecule has 34 heavy (non-hydrogen) atoms. The van der Waals surface area contributed by atoms with E-state index in [1.54, 1.807) is 11.6 Å². The van der Waals surface area contributed by atoms with E-state index >= 15 is 0 Å². The van der Waals surface area contributed by atoms with Crippen molar-refractivity contribution in [1.29, 1.82) is 0 Å². The van der Waals surface area contributed by atoms with Crippen molar-refractivity contribution in [3.8, 4) is 0 Å². The summed E-state index contributed by atoms with van der Waals surface area (Å²) in [6.07, 6.45) is 2.31. The molecule has 180 valence electrons. The van der Waals surface area contributed by atoms with Crippen molar-refractivity contribution in [2.75, 3.05) is 23.7 Å². The highest BCUT2D eigenvalue weighted by Crippen LogP contribution is 2.34. The Morgan fingerprint density at radius 2 is 1.91 bits per heavy atom. The standard InChI is InChI=1S/C23H28F2N8O/c1-11-5-15(9-31(8-11)19-10-32(29-12(19)2)13(3)14(4)34)21-28-22-17-6-16(24)7-18(25)20(17)27-23(26)33(22)30-21/h6-7,10-11,13-15,34H,5,8-9H2,1-4H3,(H2,26,27)/t11-,13-,14-,15+/m1/s1. The van der Waals surface area contributed by atoms with Gasteiger partial charge in [0, 0.05) is 31.3 Å². The molecular weight excluding hydrogens is 442 g/mol. The molecule has 0 bridgehead atoms. The second-order valence-electron chi connectivity index (χ2n) is 9.46. The van der Waals surface area contributed by atoms with Crippen molar-refractivity contribution in [3.05, 3.63) is 41.5 Å². The van der Waals surface area contributed by atoms with Crippen LogP contribution in [0.5, 0.6) is 0 Å². The number of fused-ring (bicyclic) bond motifs is 3. The maximum atomic E-state index is 14.3. The van der Waals surface area contributed by atoms with Crippen LogP contribution in [-0.2, 0) is 0 Å². The molecule has 11 heteroatoms. The number of hydrogen-bond acceptors (Lipinski definition) is 7. The lowest BCUT2D eigenvalue weighted by molar-refractivity contribution is 0.132. The highest BCUT2D eigenvalue weighted by molar-refractivity contribution is 5.92. The van der Waals surface area contributed by atoms with Gasteiger partial charge in [-0.3, -0.25) is 4.68 Å². The first-order valence-corrected chi connectivity index (χ1v) is 11.4. The first-order valence-electron chi connectivity index (χ1n) is 11.4. The predicted molar refractivity (Wildman–Crippen MR) is 125 cm³/mol. The number of nitrogens with two attached hydrogens (primary N) is 1. The van der Waals surface area contributed by atoms with Crippen molar-refractivity contribution in [2.45, 2.75) is 52.2 Å². The summed E-state index contributed by atoms with van der Waals surface area (Å²) in [4.78, 5) is 11.0. The Morgan fingerprint density at radius 1 is 1.15 bits per heavy atom. The van der Waals surface area contributed by atoms with Gasteiger partial charge in [0.15, 0.2) is 17.3 Å². The number of aromatic nitrogens is 6. The van der Waals surface area contributed by atoms with Gasteiger partial charge in [0.05, 0.1) is 28.9 Å². The molecular formula is C23H28F2N8O. The second-order valence-corrected chi connectivity index (χ2v) is 9.46. The van der Waals surface area contributed by atoms with Crippen molar-refractivity contribution < 1.29 is 13.9 Å². The molecule has 0 aliphatic carbocycles. The summed E-state index contributed by atoms with van der Waals surface area (Å²) in [7, 11) is 0. The third-order valence-electron chi connectivity index (χ3n) is 6.71. The van der Waals surface area contributed by atoms with Gasteiger partial charge in [0.1, 0.15) is 11.3 Å². The molecule has 1 aliphatic rings. The second kappa shape index (κ2) is 8.15. The molecule has 3 N–H and O–H groups in total. The van der Waals surface area contributed by atoms with Gasteiger partial charge < -0.3 is 15.7 Å². The van der Waals surface area contributed by atoms with Crippen LogP contribution in [0.4, 0.5) is 20.4 Å². The molecule has 4 aromatic rings. The van der Waals surface area contributed by atoms with Crippen LogP contribution in [0.15, 0.2) is 18.3 Å². The minimum atomic E-state index is -0.787. The lowest BCUT2D eigenvalue weighted by Gasteiger charge is -2.36. The summed E-state index contributed by atoms with van der Waals surface area (Å²) in [5.41, 5.74) is 8.19. The van der Waals surface area contributed by atoms with E-state index in [0.29, 0.717) is 18.3 Å². The SMILES string of the molecule is Cc1nn([C@H](C)[C@@H](C)O)cc1N1C[C@H](C)C[C@H](c2nc3c4cc(F)cc(F)c4nc(N)n3n2)C1. The van der Waals surface area contributed by atoms with E-state index < -0.39 is 17.7 Å². The zero-order valence-electron chi connectivity index (χ0n) is 19.6. The first-order chi connectivity index (χ1) is 16.1. The summed E-state index contributed by atoms with van der Waals surface area (Å²) in [5.74, 6) is -0.608. The largest absolute Gasteiger partial charge is 0.391 e. The topological polar surface area (TPSA) is 110 Å². The van der Waals surface area contributed by atoms with Gasteiger partial charge in [-0.15, -0.1) is 5.10 Å². The van der Waals surface area contributed by atoms with Crippen molar-refractivity contribution in [2.24, 2.45) is 5.92 Å². The average molecular weight is 471 g/mol. The van der Waals surface area contributed by atoms with Gasteiger partial charge in [-0.2, -0.15) is 9.61 Å². The number of nitrogens with zero attached hydrogens (tertiary/aromatic N) is 7. The molecule has 0 unspecified atom stereocenters. The van der Waals surface area contributed by atoms with E-state index in [-0.39, 0.29) is 34.5 Å². The minimum absolute atomic E-state index is 0.00305. The fourth-order valence-electron chi connectivity index (χ4n) is 4.79. The predicted octanol–water partition coefficient (Wildman–Crippen LogP) is 3.21. The van der Waals surface area contributed by atoms with Crippen LogP contribution in [0.3, 0.4) is 0 Å².